The van der Waals surface area contributed by atoms with Gasteiger partial charge < -0.3 is 10.4 Å². The second-order valence-electron chi connectivity index (χ2n) is 7.12. The first-order valence-electron chi connectivity index (χ1n) is 10.9. The molecule has 0 heterocycles. The molecular weight excluding hydrogens is 294 g/mol. The van der Waals surface area contributed by atoms with Crippen molar-refractivity contribution in [3.63, 3.8) is 0 Å². The van der Waals surface area contributed by atoms with E-state index in [4.69, 9.17) is 5.11 Å². The Morgan fingerprint density at radius 3 is 1.58 bits per heavy atom. The number of hydrogen-bond donors (Lipinski definition) is 2. The maximum absolute atomic E-state index is 8.69. The molecule has 2 heteroatoms. The van der Waals surface area contributed by atoms with E-state index in [2.05, 4.69) is 24.4 Å². The third-order valence-electron chi connectivity index (χ3n) is 4.63. The Balaban J connectivity index is 3.03. The number of aliphatic hydroxyl groups is 1. The number of aliphatic hydroxyl groups excluding tert-OH is 1. The monoisotopic (exact) mass is 339 g/mol. The van der Waals surface area contributed by atoms with Crippen LogP contribution < -0.4 is 5.32 Å². The summed E-state index contributed by atoms with van der Waals surface area (Å²) in [4.78, 5) is 0. The third-order valence-corrected chi connectivity index (χ3v) is 4.63. The smallest absolute Gasteiger partial charge is 0.0431 e. The Morgan fingerprint density at radius 1 is 0.583 bits per heavy atom. The van der Waals surface area contributed by atoms with E-state index >= 15 is 0 Å². The van der Waals surface area contributed by atoms with Crippen molar-refractivity contribution in [2.24, 2.45) is 0 Å². The Bertz CT molecular complexity index is 240. The second kappa shape index (κ2) is 22.7. The Labute approximate surface area is 152 Å². The maximum atomic E-state index is 8.69. The summed E-state index contributed by atoms with van der Waals surface area (Å²) in [5.41, 5.74) is 0. The Hall–Kier alpha value is -0.340. The van der Waals surface area contributed by atoms with E-state index < -0.39 is 0 Å². The van der Waals surface area contributed by atoms with Crippen molar-refractivity contribution in [3.05, 3.63) is 12.2 Å². The van der Waals surface area contributed by atoms with Gasteiger partial charge in [0.2, 0.25) is 0 Å². The number of rotatable bonds is 20. The SMILES string of the molecule is CCCCCCCC/C=C\CCCCCCCCNCCCCO. The van der Waals surface area contributed by atoms with Crippen molar-refractivity contribution < 1.29 is 5.11 Å². The summed E-state index contributed by atoms with van der Waals surface area (Å²) >= 11 is 0. The number of allylic oxidation sites excluding steroid dienone is 2. The zero-order valence-corrected chi connectivity index (χ0v) is 16.5. The molecule has 0 spiro atoms. The molecule has 0 aliphatic heterocycles. The number of hydrogen-bond acceptors (Lipinski definition) is 2. The highest BCUT2D eigenvalue weighted by Crippen LogP contribution is 2.09. The van der Waals surface area contributed by atoms with Gasteiger partial charge in [0.1, 0.15) is 0 Å². The summed E-state index contributed by atoms with van der Waals surface area (Å²) in [6.07, 6.45) is 26.0. The molecule has 0 saturated carbocycles. The van der Waals surface area contributed by atoms with Crippen molar-refractivity contribution >= 4 is 0 Å². The van der Waals surface area contributed by atoms with Crippen LogP contribution in [0.15, 0.2) is 12.2 Å². The zero-order valence-electron chi connectivity index (χ0n) is 16.5. The van der Waals surface area contributed by atoms with Crippen LogP contribution in [-0.4, -0.2) is 24.8 Å². The summed E-state index contributed by atoms with van der Waals surface area (Å²) < 4.78 is 0. The molecule has 2 nitrogen and oxygen atoms in total. The first-order chi connectivity index (χ1) is 11.9. The first-order valence-corrected chi connectivity index (χ1v) is 10.9. The van der Waals surface area contributed by atoms with Crippen LogP contribution in [0.4, 0.5) is 0 Å². The van der Waals surface area contributed by atoms with Crippen LogP contribution in [0.2, 0.25) is 0 Å². The topological polar surface area (TPSA) is 32.3 Å². The molecular formula is C22H45NO. The van der Waals surface area contributed by atoms with E-state index in [0.29, 0.717) is 6.61 Å². The first kappa shape index (κ1) is 23.7. The predicted molar refractivity (Wildman–Crippen MR) is 109 cm³/mol. The van der Waals surface area contributed by atoms with Gasteiger partial charge in [0.25, 0.3) is 0 Å². The standard InChI is InChI=1S/C22H45NO/c1-2-3-4-5-6-7-8-9-10-11-12-13-14-15-16-17-20-23-21-18-19-22-24/h9-10,23-24H,2-8,11-22H2,1H3/b10-9-. The fourth-order valence-electron chi connectivity index (χ4n) is 2.98. The molecule has 0 fully saturated rings. The molecule has 2 N–H and O–H groups in total. The van der Waals surface area contributed by atoms with Gasteiger partial charge in [-0.15, -0.1) is 0 Å². The van der Waals surface area contributed by atoms with E-state index in [1.807, 2.05) is 0 Å². The molecule has 0 aromatic rings. The molecule has 24 heavy (non-hydrogen) atoms. The van der Waals surface area contributed by atoms with Crippen molar-refractivity contribution in [2.45, 2.75) is 110 Å². The van der Waals surface area contributed by atoms with E-state index in [1.165, 1.54) is 89.9 Å². The van der Waals surface area contributed by atoms with Crippen LogP contribution in [0.1, 0.15) is 110 Å². The van der Waals surface area contributed by atoms with Gasteiger partial charge in [-0.1, -0.05) is 76.9 Å². The largest absolute Gasteiger partial charge is 0.396 e. The molecule has 0 bridgehead atoms. The molecule has 0 unspecified atom stereocenters. The van der Waals surface area contributed by atoms with E-state index in [0.717, 1.165) is 25.9 Å². The summed E-state index contributed by atoms with van der Waals surface area (Å²) in [6.45, 7) is 4.82. The number of nitrogens with one attached hydrogen (secondary N) is 1. The van der Waals surface area contributed by atoms with Gasteiger partial charge >= 0.3 is 0 Å². The van der Waals surface area contributed by atoms with Crippen LogP contribution in [0.5, 0.6) is 0 Å². The lowest BCUT2D eigenvalue weighted by atomic mass is 10.1. The van der Waals surface area contributed by atoms with Crippen LogP contribution in [-0.2, 0) is 0 Å². The molecule has 0 aromatic carbocycles. The number of unbranched alkanes of at least 4 members (excludes halogenated alkanes) is 13. The van der Waals surface area contributed by atoms with E-state index in [-0.39, 0.29) is 0 Å². The minimum Gasteiger partial charge on any atom is -0.396 e. The van der Waals surface area contributed by atoms with Crippen LogP contribution in [0, 0.1) is 0 Å². The molecule has 0 aromatic heterocycles. The lowest BCUT2D eigenvalue weighted by Crippen LogP contribution is -2.16. The third kappa shape index (κ3) is 21.7. The van der Waals surface area contributed by atoms with Gasteiger partial charge in [-0.25, -0.2) is 0 Å². The average Bonchev–Trinajstić information content (AvgIpc) is 2.60. The minimum absolute atomic E-state index is 0.329. The van der Waals surface area contributed by atoms with Gasteiger partial charge in [0.15, 0.2) is 0 Å². The maximum Gasteiger partial charge on any atom is 0.0431 e. The zero-order chi connectivity index (χ0) is 17.6. The van der Waals surface area contributed by atoms with Crippen LogP contribution in [0.25, 0.3) is 0 Å². The van der Waals surface area contributed by atoms with Crippen molar-refractivity contribution in [2.75, 3.05) is 19.7 Å². The molecule has 0 aliphatic carbocycles. The molecule has 0 aliphatic rings. The molecule has 144 valence electrons. The highest BCUT2D eigenvalue weighted by molar-refractivity contribution is 4.81. The molecule has 0 atom stereocenters. The molecule has 0 radical (unpaired) electrons. The van der Waals surface area contributed by atoms with Gasteiger partial charge in [-0.2, -0.15) is 0 Å². The fourth-order valence-corrected chi connectivity index (χ4v) is 2.98. The molecule has 0 rings (SSSR count). The quantitative estimate of drug-likeness (QED) is 0.199. The van der Waals surface area contributed by atoms with Gasteiger partial charge in [-0.05, 0) is 58.0 Å². The normalized spacial score (nSPS) is 11.6. The molecule has 0 amide bonds. The van der Waals surface area contributed by atoms with E-state index in [9.17, 15) is 0 Å². The molecule has 0 saturated heterocycles. The highest BCUT2D eigenvalue weighted by atomic mass is 16.2. The predicted octanol–water partition coefficient (Wildman–Crippen LogP) is 6.39. The van der Waals surface area contributed by atoms with Crippen LogP contribution >= 0.6 is 0 Å². The summed E-state index contributed by atoms with van der Waals surface area (Å²) in [7, 11) is 0. The van der Waals surface area contributed by atoms with Crippen molar-refractivity contribution in [1.29, 1.82) is 0 Å². The lowest BCUT2D eigenvalue weighted by molar-refractivity contribution is 0.283. The van der Waals surface area contributed by atoms with Crippen LogP contribution in [0.3, 0.4) is 0 Å². The fraction of sp³-hybridized carbons (Fsp3) is 0.909. The van der Waals surface area contributed by atoms with E-state index in [1.54, 1.807) is 0 Å². The van der Waals surface area contributed by atoms with Gasteiger partial charge in [0.05, 0.1) is 0 Å². The average molecular weight is 340 g/mol. The minimum atomic E-state index is 0.329. The van der Waals surface area contributed by atoms with Gasteiger partial charge in [-0.3, -0.25) is 0 Å². The van der Waals surface area contributed by atoms with Crippen molar-refractivity contribution in [1.82, 2.24) is 5.32 Å². The van der Waals surface area contributed by atoms with Crippen molar-refractivity contribution in [3.8, 4) is 0 Å². The summed E-state index contributed by atoms with van der Waals surface area (Å²) in [5.74, 6) is 0. The lowest BCUT2D eigenvalue weighted by Gasteiger charge is -2.04. The second-order valence-corrected chi connectivity index (χ2v) is 7.12. The Morgan fingerprint density at radius 2 is 1.04 bits per heavy atom. The summed E-state index contributed by atoms with van der Waals surface area (Å²) in [6, 6.07) is 0. The summed E-state index contributed by atoms with van der Waals surface area (Å²) in [5, 5.41) is 12.1. The van der Waals surface area contributed by atoms with Gasteiger partial charge in [0, 0.05) is 6.61 Å². The highest BCUT2D eigenvalue weighted by Gasteiger charge is 1.92. The Kier molecular flexibility index (Phi) is 22.3.